The van der Waals surface area contributed by atoms with Crippen molar-refractivity contribution < 1.29 is 17.9 Å². The van der Waals surface area contributed by atoms with Crippen molar-refractivity contribution in [3.8, 4) is 0 Å². The highest BCUT2D eigenvalue weighted by Gasteiger charge is 2.26. The number of benzene rings is 2. The molecule has 2 aromatic rings. The molecule has 9 heteroatoms. The van der Waals surface area contributed by atoms with Gasteiger partial charge in [0.25, 0.3) is 0 Å². The lowest BCUT2D eigenvalue weighted by Crippen LogP contribution is -2.40. The number of nitrogens with one attached hydrogen (secondary N) is 1. The van der Waals surface area contributed by atoms with Gasteiger partial charge >= 0.3 is 0 Å². The average Bonchev–Trinajstić information content (AvgIpc) is 2.69. The van der Waals surface area contributed by atoms with E-state index >= 15 is 0 Å². The van der Waals surface area contributed by atoms with Crippen LogP contribution in [0.2, 0.25) is 10.0 Å². The minimum absolute atomic E-state index is 0.0406. The first-order valence-electron chi connectivity index (χ1n) is 8.28. The van der Waals surface area contributed by atoms with Gasteiger partial charge in [0.1, 0.15) is 0 Å². The third kappa shape index (κ3) is 4.62. The Labute approximate surface area is 168 Å². The van der Waals surface area contributed by atoms with Gasteiger partial charge in [0.05, 0.1) is 40.4 Å². The van der Waals surface area contributed by atoms with E-state index in [9.17, 15) is 13.2 Å². The van der Waals surface area contributed by atoms with Crippen LogP contribution in [0.15, 0.2) is 47.4 Å². The number of hydrogen-bond donors (Lipinski definition) is 1. The van der Waals surface area contributed by atoms with Crippen molar-refractivity contribution in [3.05, 3.63) is 58.1 Å². The van der Waals surface area contributed by atoms with Crippen molar-refractivity contribution in [2.45, 2.75) is 4.90 Å². The number of morpholine rings is 1. The molecule has 0 unspecified atom stereocenters. The summed E-state index contributed by atoms with van der Waals surface area (Å²) in [5.74, 6) is -0.259. The van der Waals surface area contributed by atoms with Crippen LogP contribution in [-0.4, -0.2) is 51.4 Å². The van der Waals surface area contributed by atoms with Crippen LogP contribution in [-0.2, 0) is 14.8 Å². The Hall–Kier alpha value is -1.64. The molecular weight excluding hydrogens is 411 g/mol. The van der Waals surface area contributed by atoms with E-state index in [4.69, 9.17) is 27.9 Å². The first-order chi connectivity index (χ1) is 12.9. The van der Waals surface area contributed by atoms with E-state index in [1.54, 1.807) is 30.3 Å². The Balaban J connectivity index is 1.74. The summed E-state index contributed by atoms with van der Waals surface area (Å²) < 4.78 is 32.0. The van der Waals surface area contributed by atoms with E-state index in [1.807, 2.05) is 0 Å². The van der Waals surface area contributed by atoms with Crippen molar-refractivity contribution >= 4 is 44.7 Å². The molecule has 1 fully saturated rings. The number of anilines is 1. The molecule has 0 aromatic heterocycles. The van der Waals surface area contributed by atoms with Crippen LogP contribution in [0.25, 0.3) is 0 Å². The maximum Gasteiger partial charge on any atom is 0.243 e. The minimum atomic E-state index is -3.66. The number of rotatable bonds is 6. The van der Waals surface area contributed by atoms with E-state index < -0.39 is 10.0 Å². The molecule has 1 N–H and O–H groups in total. The topological polar surface area (TPSA) is 75.7 Å². The number of ether oxygens (including phenoxy) is 1. The van der Waals surface area contributed by atoms with Gasteiger partial charge in [0.2, 0.25) is 10.0 Å². The van der Waals surface area contributed by atoms with Crippen molar-refractivity contribution in [1.29, 1.82) is 0 Å². The number of hydrogen-bond acceptors (Lipinski definition) is 5. The maximum absolute atomic E-state index is 12.7. The summed E-state index contributed by atoms with van der Waals surface area (Å²) >= 11 is 12.0. The Bertz CT molecular complexity index is 944. The van der Waals surface area contributed by atoms with Crippen molar-refractivity contribution in [2.24, 2.45) is 0 Å². The molecule has 6 nitrogen and oxygen atoms in total. The van der Waals surface area contributed by atoms with Crippen molar-refractivity contribution in [2.75, 3.05) is 38.2 Å². The average molecular weight is 429 g/mol. The lowest BCUT2D eigenvalue weighted by Gasteiger charge is -2.26. The van der Waals surface area contributed by atoms with Crippen LogP contribution in [0.1, 0.15) is 10.4 Å². The summed E-state index contributed by atoms with van der Waals surface area (Å²) in [6.07, 6.45) is 0. The number of ketones is 1. The molecule has 0 radical (unpaired) electrons. The molecule has 144 valence electrons. The summed E-state index contributed by atoms with van der Waals surface area (Å²) in [7, 11) is -3.66. The summed E-state index contributed by atoms with van der Waals surface area (Å²) in [5, 5.41) is 3.64. The molecule has 0 saturated carbocycles. The third-order valence-corrected chi connectivity index (χ3v) is 6.87. The zero-order valence-corrected chi connectivity index (χ0v) is 16.6. The minimum Gasteiger partial charge on any atom is -0.379 e. The molecule has 1 aliphatic rings. The quantitative estimate of drug-likeness (QED) is 0.714. The van der Waals surface area contributed by atoms with Gasteiger partial charge in [-0.25, -0.2) is 8.42 Å². The van der Waals surface area contributed by atoms with Gasteiger partial charge in [-0.3, -0.25) is 4.79 Å². The van der Waals surface area contributed by atoms with Crippen LogP contribution in [0.3, 0.4) is 0 Å². The highest BCUT2D eigenvalue weighted by molar-refractivity contribution is 7.89. The molecule has 0 atom stereocenters. The predicted octanol–water partition coefficient (Wildman–Crippen LogP) is 3.31. The summed E-state index contributed by atoms with van der Waals surface area (Å²) in [6, 6.07) is 11.1. The number of sulfonamides is 1. The number of Topliss-reactive ketones (excluding diaryl/α,β-unsaturated/α-hetero) is 1. The van der Waals surface area contributed by atoms with Crippen molar-refractivity contribution in [3.63, 3.8) is 0 Å². The zero-order chi connectivity index (χ0) is 19.4. The SMILES string of the molecule is O=C(CNc1cccc(Cl)c1Cl)c1cccc(S(=O)(=O)N2CCOCC2)c1. The number of carbonyl (C=O) groups is 1. The summed E-state index contributed by atoms with van der Waals surface area (Å²) in [4.78, 5) is 12.6. The predicted molar refractivity (Wildman–Crippen MR) is 105 cm³/mol. The first-order valence-corrected chi connectivity index (χ1v) is 10.5. The zero-order valence-electron chi connectivity index (χ0n) is 14.3. The molecule has 1 aliphatic heterocycles. The Morgan fingerprint density at radius 1 is 1.11 bits per heavy atom. The fourth-order valence-electron chi connectivity index (χ4n) is 2.68. The summed E-state index contributed by atoms with van der Waals surface area (Å²) in [6.45, 7) is 1.29. The van der Waals surface area contributed by atoms with Crippen molar-refractivity contribution in [1.82, 2.24) is 4.31 Å². The van der Waals surface area contributed by atoms with E-state index in [0.29, 0.717) is 47.6 Å². The van der Waals surface area contributed by atoms with Gasteiger partial charge in [-0.05, 0) is 24.3 Å². The van der Waals surface area contributed by atoms with Crippen LogP contribution < -0.4 is 5.32 Å². The molecule has 0 bridgehead atoms. The second-order valence-electron chi connectivity index (χ2n) is 5.92. The Morgan fingerprint density at radius 3 is 2.56 bits per heavy atom. The molecule has 0 spiro atoms. The summed E-state index contributed by atoms with van der Waals surface area (Å²) in [5.41, 5.74) is 0.838. The Morgan fingerprint density at radius 2 is 1.81 bits per heavy atom. The molecule has 3 rings (SSSR count). The van der Waals surface area contributed by atoms with Crippen LogP contribution in [0.5, 0.6) is 0 Å². The van der Waals surface area contributed by atoms with E-state index in [-0.39, 0.29) is 17.2 Å². The normalized spacial score (nSPS) is 15.5. The largest absolute Gasteiger partial charge is 0.379 e. The van der Waals surface area contributed by atoms with Gasteiger partial charge in [-0.1, -0.05) is 41.4 Å². The lowest BCUT2D eigenvalue weighted by molar-refractivity contribution is 0.0730. The lowest BCUT2D eigenvalue weighted by atomic mass is 10.1. The molecule has 0 aliphatic carbocycles. The van der Waals surface area contributed by atoms with E-state index in [2.05, 4.69) is 5.32 Å². The van der Waals surface area contributed by atoms with E-state index in [0.717, 1.165) is 0 Å². The van der Waals surface area contributed by atoms with Crippen LogP contribution in [0.4, 0.5) is 5.69 Å². The van der Waals surface area contributed by atoms with Gasteiger partial charge in [0, 0.05) is 18.7 Å². The van der Waals surface area contributed by atoms with Gasteiger partial charge in [-0.2, -0.15) is 4.31 Å². The molecule has 1 heterocycles. The highest BCUT2D eigenvalue weighted by Crippen LogP contribution is 2.29. The first kappa shape index (κ1) is 20.1. The highest BCUT2D eigenvalue weighted by atomic mass is 35.5. The molecular formula is C18H18Cl2N2O4S. The fourth-order valence-corrected chi connectivity index (χ4v) is 4.51. The molecule has 2 aromatic carbocycles. The van der Waals surface area contributed by atoms with Gasteiger partial charge in [0.15, 0.2) is 5.78 Å². The fraction of sp³-hybridized carbons (Fsp3) is 0.278. The number of nitrogens with zero attached hydrogens (tertiary/aromatic N) is 1. The monoisotopic (exact) mass is 428 g/mol. The molecule has 0 amide bonds. The smallest absolute Gasteiger partial charge is 0.243 e. The van der Waals surface area contributed by atoms with E-state index in [1.165, 1.54) is 16.4 Å². The second kappa shape index (κ2) is 8.58. The van der Waals surface area contributed by atoms with Crippen LogP contribution >= 0.6 is 23.2 Å². The number of carbonyl (C=O) groups excluding carboxylic acids is 1. The number of halogens is 2. The molecule has 1 saturated heterocycles. The van der Waals surface area contributed by atoms with Crippen LogP contribution in [0, 0.1) is 0 Å². The van der Waals surface area contributed by atoms with Gasteiger partial charge in [-0.15, -0.1) is 0 Å². The second-order valence-corrected chi connectivity index (χ2v) is 8.65. The molecule has 27 heavy (non-hydrogen) atoms. The standard InChI is InChI=1S/C18H18Cl2N2O4S/c19-15-5-2-6-16(18(15)20)21-12-17(23)13-3-1-4-14(11-13)27(24,25)22-7-9-26-10-8-22/h1-6,11,21H,7-10,12H2. The maximum atomic E-state index is 12.7. The third-order valence-electron chi connectivity index (χ3n) is 4.15. The Kier molecular flexibility index (Phi) is 6.39. The van der Waals surface area contributed by atoms with Gasteiger partial charge < -0.3 is 10.1 Å².